The summed E-state index contributed by atoms with van der Waals surface area (Å²) in [5.41, 5.74) is 0. The third kappa shape index (κ3) is 2.47. The molecule has 1 amide bonds. The molecule has 1 heterocycles. The molecule has 0 spiro atoms. The highest BCUT2D eigenvalue weighted by molar-refractivity contribution is 5.78. The van der Waals surface area contributed by atoms with Crippen LogP contribution in [-0.2, 0) is 9.53 Å². The lowest BCUT2D eigenvalue weighted by atomic mass is 10.1. The zero-order chi connectivity index (χ0) is 10.6. The van der Waals surface area contributed by atoms with E-state index in [2.05, 4.69) is 13.8 Å². The van der Waals surface area contributed by atoms with Gasteiger partial charge in [0.25, 0.3) is 0 Å². The molecule has 1 rings (SSSR count). The second-order valence-electron chi connectivity index (χ2n) is 4.02. The number of unbranched alkanes of at least 4 members (excludes halogenated alkanes) is 1. The van der Waals surface area contributed by atoms with Gasteiger partial charge in [-0.25, -0.2) is 0 Å². The predicted octanol–water partition coefficient (Wildman–Crippen LogP) is 2.16. The summed E-state index contributed by atoms with van der Waals surface area (Å²) in [5.74, 6) is 0.250. The average Bonchev–Trinajstić information content (AvgIpc) is 2.56. The first-order valence-corrected chi connectivity index (χ1v) is 5.54. The molecule has 0 aromatic carbocycles. The van der Waals surface area contributed by atoms with Gasteiger partial charge < -0.3 is 9.64 Å². The number of nitrogens with zero attached hydrogens (tertiary/aromatic N) is 1. The number of likely N-dealkylation sites (tertiary alicyclic amines) is 1. The van der Waals surface area contributed by atoms with Gasteiger partial charge in [-0.3, -0.25) is 4.79 Å². The first-order chi connectivity index (χ1) is 6.70. The van der Waals surface area contributed by atoms with Crippen LogP contribution in [0, 0.1) is 0 Å². The lowest BCUT2D eigenvalue weighted by Crippen LogP contribution is -2.41. The van der Waals surface area contributed by atoms with Gasteiger partial charge in [0, 0.05) is 26.0 Å². The Bertz CT molecular complexity index is 194. The van der Waals surface area contributed by atoms with Crippen LogP contribution in [0.1, 0.15) is 46.0 Å². The fourth-order valence-corrected chi connectivity index (χ4v) is 2.08. The summed E-state index contributed by atoms with van der Waals surface area (Å²) in [6.45, 7) is 4.29. The zero-order valence-corrected chi connectivity index (χ0v) is 9.45. The maximum Gasteiger partial charge on any atom is 0.225 e. The number of rotatable bonds is 5. The molecule has 2 unspecified atom stereocenters. The Morgan fingerprint density at radius 1 is 1.64 bits per heavy atom. The van der Waals surface area contributed by atoms with Crippen molar-refractivity contribution in [3.05, 3.63) is 0 Å². The van der Waals surface area contributed by atoms with E-state index in [-0.39, 0.29) is 12.1 Å². The van der Waals surface area contributed by atoms with Crippen molar-refractivity contribution in [3.63, 3.8) is 0 Å². The Morgan fingerprint density at radius 2 is 2.36 bits per heavy atom. The first-order valence-electron chi connectivity index (χ1n) is 5.54. The highest BCUT2D eigenvalue weighted by atomic mass is 16.5. The molecule has 3 heteroatoms. The Labute approximate surface area is 86.4 Å². The van der Waals surface area contributed by atoms with Crippen molar-refractivity contribution in [1.29, 1.82) is 0 Å². The van der Waals surface area contributed by atoms with Gasteiger partial charge in [-0.15, -0.1) is 0 Å². The molecule has 82 valence electrons. The van der Waals surface area contributed by atoms with Crippen LogP contribution in [-0.4, -0.2) is 30.2 Å². The molecule has 0 aromatic rings. The number of hydrogen-bond acceptors (Lipinski definition) is 2. The van der Waals surface area contributed by atoms with Gasteiger partial charge in [0.15, 0.2) is 0 Å². The highest BCUT2D eigenvalue weighted by Gasteiger charge is 2.33. The zero-order valence-electron chi connectivity index (χ0n) is 9.45. The molecule has 0 radical (unpaired) electrons. The van der Waals surface area contributed by atoms with Crippen LogP contribution in [0.25, 0.3) is 0 Å². The molecule has 0 bridgehead atoms. The maximum absolute atomic E-state index is 11.6. The number of amides is 1. The quantitative estimate of drug-likeness (QED) is 0.679. The molecule has 0 saturated carbocycles. The number of hydrogen-bond donors (Lipinski definition) is 0. The van der Waals surface area contributed by atoms with Crippen molar-refractivity contribution < 1.29 is 9.53 Å². The topological polar surface area (TPSA) is 29.5 Å². The largest absolute Gasteiger partial charge is 0.362 e. The smallest absolute Gasteiger partial charge is 0.225 e. The monoisotopic (exact) mass is 199 g/mol. The van der Waals surface area contributed by atoms with E-state index in [0.717, 1.165) is 12.8 Å². The predicted molar refractivity (Wildman–Crippen MR) is 55.9 cm³/mol. The van der Waals surface area contributed by atoms with E-state index in [0.29, 0.717) is 12.5 Å². The third-order valence-corrected chi connectivity index (χ3v) is 2.93. The van der Waals surface area contributed by atoms with Gasteiger partial charge in [0.2, 0.25) is 5.91 Å². The third-order valence-electron chi connectivity index (χ3n) is 2.93. The molecule has 1 saturated heterocycles. The van der Waals surface area contributed by atoms with Crippen LogP contribution < -0.4 is 0 Å². The Balaban J connectivity index is 2.50. The standard InChI is InChI=1S/C11H21NO2/c1-4-5-6-9(2)12-10(13)7-8-11(12)14-3/h9,11H,4-8H2,1-3H3. The number of carbonyl (C=O) groups is 1. The summed E-state index contributed by atoms with van der Waals surface area (Å²) in [7, 11) is 1.68. The molecule has 1 aliphatic heterocycles. The molecular weight excluding hydrogens is 178 g/mol. The van der Waals surface area contributed by atoms with Crippen LogP contribution >= 0.6 is 0 Å². The van der Waals surface area contributed by atoms with Crippen molar-refractivity contribution in [2.24, 2.45) is 0 Å². The lowest BCUT2D eigenvalue weighted by molar-refractivity contribution is -0.138. The van der Waals surface area contributed by atoms with Crippen LogP contribution in [0.4, 0.5) is 0 Å². The lowest BCUT2D eigenvalue weighted by Gasteiger charge is -2.29. The number of carbonyl (C=O) groups excluding carboxylic acids is 1. The molecular formula is C11H21NO2. The van der Waals surface area contributed by atoms with Crippen molar-refractivity contribution >= 4 is 5.91 Å². The maximum atomic E-state index is 11.6. The average molecular weight is 199 g/mol. The van der Waals surface area contributed by atoms with Gasteiger partial charge in [-0.1, -0.05) is 19.8 Å². The Hall–Kier alpha value is -0.570. The second-order valence-corrected chi connectivity index (χ2v) is 4.02. The molecule has 0 aliphatic carbocycles. The summed E-state index contributed by atoms with van der Waals surface area (Å²) in [6.07, 6.45) is 4.98. The summed E-state index contributed by atoms with van der Waals surface area (Å²) in [6, 6.07) is 0.329. The summed E-state index contributed by atoms with van der Waals surface area (Å²) >= 11 is 0. The minimum Gasteiger partial charge on any atom is -0.362 e. The Morgan fingerprint density at radius 3 is 2.93 bits per heavy atom. The fraction of sp³-hybridized carbons (Fsp3) is 0.909. The molecule has 3 nitrogen and oxygen atoms in total. The molecule has 0 aromatic heterocycles. The van der Waals surface area contributed by atoms with Gasteiger partial charge in [0.1, 0.15) is 6.23 Å². The highest BCUT2D eigenvalue weighted by Crippen LogP contribution is 2.23. The summed E-state index contributed by atoms with van der Waals surface area (Å²) < 4.78 is 5.30. The van der Waals surface area contributed by atoms with Gasteiger partial charge in [-0.2, -0.15) is 0 Å². The first kappa shape index (κ1) is 11.5. The van der Waals surface area contributed by atoms with E-state index >= 15 is 0 Å². The van der Waals surface area contributed by atoms with Gasteiger partial charge in [-0.05, 0) is 13.3 Å². The van der Waals surface area contributed by atoms with Crippen molar-refractivity contribution in [2.75, 3.05) is 7.11 Å². The van der Waals surface area contributed by atoms with E-state index in [1.165, 1.54) is 12.8 Å². The minimum atomic E-state index is 0.0226. The van der Waals surface area contributed by atoms with Crippen molar-refractivity contribution in [2.45, 2.75) is 58.2 Å². The van der Waals surface area contributed by atoms with Crippen LogP contribution in [0.3, 0.4) is 0 Å². The van der Waals surface area contributed by atoms with Crippen LogP contribution in [0.15, 0.2) is 0 Å². The fourth-order valence-electron chi connectivity index (χ4n) is 2.08. The molecule has 1 fully saturated rings. The summed E-state index contributed by atoms with van der Waals surface area (Å²) in [5, 5.41) is 0. The molecule has 14 heavy (non-hydrogen) atoms. The number of methoxy groups -OCH3 is 1. The molecule has 1 aliphatic rings. The van der Waals surface area contributed by atoms with E-state index in [9.17, 15) is 4.79 Å². The number of ether oxygens (including phenoxy) is 1. The van der Waals surface area contributed by atoms with E-state index in [1.807, 2.05) is 4.90 Å². The Kier molecular flexibility index (Phi) is 4.39. The van der Waals surface area contributed by atoms with E-state index < -0.39 is 0 Å². The molecule has 0 N–H and O–H groups in total. The summed E-state index contributed by atoms with van der Waals surface area (Å²) in [4.78, 5) is 13.5. The van der Waals surface area contributed by atoms with E-state index in [4.69, 9.17) is 4.74 Å². The second kappa shape index (κ2) is 5.35. The SMILES string of the molecule is CCCCC(C)N1C(=O)CCC1OC. The normalized spacial score (nSPS) is 24.4. The van der Waals surface area contributed by atoms with Crippen molar-refractivity contribution in [1.82, 2.24) is 4.90 Å². The van der Waals surface area contributed by atoms with Gasteiger partial charge >= 0.3 is 0 Å². The minimum absolute atomic E-state index is 0.0226. The van der Waals surface area contributed by atoms with Crippen LogP contribution in [0.5, 0.6) is 0 Å². The molecule has 2 atom stereocenters. The van der Waals surface area contributed by atoms with E-state index in [1.54, 1.807) is 7.11 Å². The van der Waals surface area contributed by atoms with Crippen molar-refractivity contribution in [3.8, 4) is 0 Å². The van der Waals surface area contributed by atoms with Gasteiger partial charge in [0.05, 0.1) is 0 Å². The van der Waals surface area contributed by atoms with Crippen LogP contribution in [0.2, 0.25) is 0 Å².